The van der Waals surface area contributed by atoms with Gasteiger partial charge in [-0.15, -0.1) is 12.4 Å². The van der Waals surface area contributed by atoms with Crippen molar-refractivity contribution in [2.75, 3.05) is 19.7 Å². The Bertz CT molecular complexity index is 366. The van der Waals surface area contributed by atoms with Crippen LogP contribution in [0.5, 0.6) is 5.75 Å². The van der Waals surface area contributed by atoms with Gasteiger partial charge in [0.25, 0.3) is 0 Å². The SMILES string of the molecule is Cc1cc(Cl)cc(C)c1OCC1CCCNC1.Cl. The van der Waals surface area contributed by atoms with Crippen LogP contribution in [0, 0.1) is 19.8 Å². The van der Waals surface area contributed by atoms with Crippen molar-refractivity contribution in [3.63, 3.8) is 0 Å². The van der Waals surface area contributed by atoms with Crippen molar-refractivity contribution in [2.45, 2.75) is 26.7 Å². The number of piperidine rings is 1. The Morgan fingerprint density at radius 3 is 2.56 bits per heavy atom. The Morgan fingerprint density at radius 1 is 1.33 bits per heavy atom. The maximum absolute atomic E-state index is 6.01. The van der Waals surface area contributed by atoms with E-state index in [1.165, 1.54) is 12.8 Å². The predicted molar refractivity (Wildman–Crippen MR) is 79.3 cm³/mol. The molecule has 1 aromatic carbocycles. The van der Waals surface area contributed by atoms with Crippen molar-refractivity contribution in [3.8, 4) is 5.75 Å². The van der Waals surface area contributed by atoms with Gasteiger partial charge in [-0.3, -0.25) is 0 Å². The number of aryl methyl sites for hydroxylation is 2. The maximum Gasteiger partial charge on any atom is 0.125 e. The molecular formula is C14H21Cl2NO. The highest BCUT2D eigenvalue weighted by molar-refractivity contribution is 6.30. The molecular weight excluding hydrogens is 269 g/mol. The summed E-state index contributed by atoms with van der Waals surface area (Å²) in [7, 11) is 0. The second-order valence-electron chi connectivity index (χ2n) is 4.89. The molecule has 2 rings (SSSR count). The quantitative estimate of drug-likeness (QED) is 0.915. The number of benzene rings is 1. The molecule has 1 saturated heterocycles. The van der Waals surface area contributed by atoms with Gasteiger partial charge in [0, 0.05) is 17.5 Å². The molecule has 0 bridgehead atoms. The fourth-order valence-electron chi connectivity index (χ4n) is 2.39. The summed E-state index contributed by atoms with van der Waals surface area (Å²) in [4.78, 5) is 0. The lowest BCUT2D eigenvalue weighted by Gasteiger charge is -2.23. The Balaban J connectivity index is 0.00000162. The minimum Gasteiger partial charge on any atom is -0.493 e. The van der Waals surface area contributed by atoms with Crippen LogP contribution in [0.15, 0.2) is 12.1 Å². The summed E-state index contributed by atoms with van der Waals surface area (Å²) in [5.41, 5.74) is 2.25. The molecule has 4 heteroatoms. The lowest BCUT2D eigenvalue weighted by atomic mass is 10.0. The summed E-state index contributed by atoms with van der Waals surface area (Å²) in [6, 6.07) is 3.92. The molecule has 0 radical (unpaired) electrons. The minimum absolute atomic E-state index is 0. The van der Waals surface area contributed by atoms with Gasteiger partial charge >= 0.3 is 0 Å². The zero-order chi connectivity index (χ0) is 12.3. The van der Waals surface area contributed by atoms with Gasteiger partial charge in [-0.1, -0.05) is 11.6 Å². The Kier molecular flexibility index (Phi) is 6.27. The third-order valence-electron chi connectivity index (χ3n) is 3.29. The lowest BCUT2D eigenvalue weighted by Crippen LogP contribution is -2.33. The van der Waals surface area contributed by atoms with Crippen LogP contribution in [0.2, 0.25) is 5.02 Å². The first-order chi connectivity index (χ1) is 8.16. The van der Waals surface area contributed by atoms with Gasteiger partial charge < -0.3 is 10.1 Å². The number of halogens is 2. The number of nitrogens with one attached hydrogen (secondary N) is 1. The molecule has 1 aromatic rings. The van der Waals surface area contributed by atoms with Crippen molar-refractivity contribution in [1.82, 2.24) is 5.32 Å². The van der Waals surface area contributed by atoms with Crippen LogP contribution in [0.3, 0.4) is 0 Å². The fourth-order valence-corrected chi connectivity index (χ4v) is 2.72. The molecule has 1 atom stereocenters. The average Bonchev–Trinajstić information content (AvgIpc) is 2.29. The second kappa shape index (κ2) is 7.22. The number of ether oxygens (including phenoxy) is 1. The monoisotopic (exact) mass is 289 g/mol. The van der Waals surface area contributed by atoms with Crippen LogP contribution in [0.4, 0.5) is 0 Å². The fraction of sp³-hybridized carbons (Fsp3) is 0.571. The second-order valence-corrected chi connectivity index (χ2v) is 5.33. The van der Waals surface area contributed by atoms with E-state index in [1.54, 1.807) is 0 Å². The molecule has 0 aromatic heterocycles. The van der Waals surface area contributed by atoms with E-state index in [4.69, 9.17) is 16.3 Å². The van der Waals surface area contributed by atoms with E-state index in [9.17, 15) is 0 Å². The summed E-state index contributed by atoms with van der Waals surface area (Å²) in [5, 5.41) is 4.19. The van der Waals surface area contributed by atoms with E-state index in [-0.39, 0.29) is 12.4 Å². The number of rotatable bonds is 3. The molecule has 18 heavy (non-hydrogen) atoms. The number of hydrogen-bond donors (Lipinski definition) is 1. The molecule has 1 unspecified atom stereocenters. The van der Waals surface area contributed by atoms with E-state index in [0.29, 0.717) is 5.92 Å². The molecule has 1 aliphatic rings. The first kappa shape index (κ1) is 15.6. The van der Waals surface area contributed by atoms with Gasteiger partial charge in [0.1, 0.15) is 5.75 Å². The summed E-state index contributed by atoms with van der Waals surface area (Å²) < 4.78 is 5.96. The standard InChI is InChI=1S/C14H20ClNO.ClH/c1-10-6-13(15)7-11(2)14(10)17-9-12-4-3-5-16-8-12;/h6-7,12,16H,3-5,8-9H2,1-2H3;1H. The minimum atomic E-state index is 0. The van der Waals surface area contributed by atoms with Gasteiger partial charge in [0.05, 0.1) is 6.61 Å². The molecule has 0 amide bonds. The summed E-state index contributed by atoms with van der Waals surface area (Å²) >= 11 is 6.01. The Morgan fingerprint density at radius 2 is 2.00 bits per heavy atom. The zero-order valence-electron chi connectivity index (χ0n) is 11.0. The molecule has 102 valence electrons. The predicted octanol–water partition coefficient (Wildman–Crippen LogP) is 3.76. The Hall–Kier alpha value is -0.440. The van der Waals surface area contributed by atoms with Crippen LogP contribution >= 0.6 is 24.0 Å². The highest BCUT2D eigenvalue weighted by Gasteiger charge is 2.14. The van der Waals surface area contributed by atoms with Gasteiger partial charge in [0.2, 0.25) is 0 Å². The summed E-state index contributed by atoms with van der Waals surface area (Å²) in [5.74, 6) is 1.64. The third kappa shape index (κ3) is 4.04. The van der Waals surface area contributed by atoms with E-state index in [0.717, 1.165) is 41.6 Å². The average molecular weight is 290 g/mol. The maximum atomic E-state index is 6.01. The van der Waals surface area contributed by atoms with E-state index in [1.807, 2.05) is 26.0 Å². The molecule has 1 aliphatic heterocycles. The first-order valence-electron chi connectivity index (χ1n) is 6.27. The highest BCUT2D eigenvalue weighted by Crippen LogP contribution is 2.27. The molecule has 1 heterocycles. The normalized spacial score (nSPS) is 19.2. The van der Waals surface area contributed by atoms with Crippen LogP contribution in [-0.4, -0.2) is 19.7 Å². The van der Waals surface area contributed by atoms with E-state index < -0.39 is 0 Å². The van der Waals surface area contributed by atoms with Crippen molar-refractivity contribution >= 4 is 24.0 Å². The summed E-state index contributed by atoms with van der Waals surface area (Å²) in [6.07, 6.45) is 2.52. The molecule has 0 saturated carbocycles. The van der Waals surface area contributed by atoms with Gasteiger partial charge in [0.15, 0.2) is 0 Å². The summed E-state index contributed by atoms with van der Waals surface area (Å²) in [6.45, 7) is 7.12. The molecule has 1 N–H and O–H groups in total. The van der Waals surface area contributed by atoms with Crippen LogP contribution in [0.1, 0.15) is 24.0 Å². The zero-order valence-corrected chi connectivity index (χ0v) is 12.5. The van der Waals surface area contributed by atoms with Crippen molar-refractivity contribution in [2.24, 2.45) is 5.92 Å². The van der Waals surface area contributed by atoms with Crippen LogP contribution < -0.4 is 10.1 Å². The first-order valence-corrected chi connectivity index (χ1v) is 6.65. The number of hydrogen-bond acceptors (Lipinski definition) is 2. The van der Waals surface area contributed by atoms with Gasteiger partial charge in [-0.2, -0.15) is 0 Å². The van der Waals surface area contributed by atoms with Gasteiger partial charge in [-0.05, 0) is 56.5 Å². The van der Waals surface area contributed by atoms with Crippen LogP contribution in [-0.2, 0) is 0 Å². The topological polar surface area (TPSA) is 21.3 Å². The largest absolute Gasteiger partial charge is 0.493 e. The van der Waals surface area contributed by atoms with Crippen molar-refractivity contribution in [3.05, 3.63) is 28.3 Å². The molecule has 0 spiro atoms. The van der Waals surface area contributed by atoms with E-state index in [2.05, 4.69) is 5.32 Å². The molecule has 2 nitrogen and oxygen atoms in total. The Labute approximate surface area is 120 Å². The lowest BCUT2D eigenvalue weighted by molar-refractivity contribution is 0.216. The van der Waals surface area contributed by atoms with Crippen LogP contribution in [0.25, 0.3) is 0 Å². The van der Waals surface area contributed by atoms with Gasteiger partial charge in [-0.25, -0.2) is 0 Å². The van der Waals surface area contributed by atoms with Crippen molar-refractivity contribution < 1.29 is 4.74 Å². The third-order valence-corrected chi connectivity index (χ3v) is 3.51. The highest BCUT2D eigenvalue weighted by atomic mass is 35.5. The molecule has 1 fully saturated rings. The van der Waals surface area contributed by atoms with E-state index >= 15 is 0 Å². The molecule has 0 aliphatic carbocycles. The smallest absolute Gasteiger partial charge is 0.125 e. The van der Waals surface area contributed by atoms with Crippen molar-refractivity contribution in [1.29, 1.82) is 0 Å².